The van der Waals surface area contributed by atoms with Crippen molar-refractivity contribution in [3.05, 3.63) is 39.5 Å². The predicted molar refractivity (Wildman–Crippen MR) is 91.2 cm³/mol. The van der Waals surface area contributed by atoms with E-state index < -0.39 is 0 Å². The Morgan fingerprint density at radius 3 is 3.09 bits per heavy atom. The number of fused-ring (bicyclic) bond motifs is 1. The molecule has 0 aromatic carbocycles. The van der Waals surface area contributed by atoms with Gasteiger partial charge in [-0.3, -0.25) is 4.79 Å². The molecule has 5 nitrogen and oxygen atoms in total. The fourth-order valence-corrected chi connectivity index (χ4v) is 4.27. The third kappa shape index (κ3) is 2.83. The molecule has 0 spiro atoms. The van der Waals surface area contributed by atoms with Crippen LogP contribution in [0.4, 0.5) is 5.82 Å². The molecule has 0 radical (unpaired) electrons. The summed E-state index contributed by atoms with van der Waals surface area (Å²) in [6.07, 6.45) is 5.96. The number of rotatable bonds is 3. The first kappa shape index (κ1) is 14.6. The first-order valence-electron chi connectivity index (χ1n) is 8.16. The lowest BCUT2D eigenvalue weighted by Gasteiger charge is -2.20. The number of aromatic nitrogens is 2. The Bertz CT molecular complexity index is 742. The van der Waals surface area contributed by atoms with Gasteiger partial charge in [-0.25, -0.2) is 9.97 Å². The number of carbonyl (C=O) groups excluding carboxylic acids is 1. The zero-order valence-corrected chi connectivity index (χ0v) is 14.0. The Morgan fingerprint density at radius 1 is 1.35 bits per heavy atom. The van der Waals surface area contributed by atoms with Gasteiger partial charge in [0.05, 0.1) is 4.88 Å². The number of amides is 1. The van der Waals surface area contributed by atoms with Crippen LogP contribution >= 0.6 is 11.3 Å². The zero-order valence-electron chi connectivity index (χ0n) is 13.2. The highest BCUT2D eigenvalue weighted by Crippen LogP contribution is 2.29. The molecule has 1 aliphatic carbocycles. The van der Waals surface area contributed by atoms with Gasteiger partial charge in [0, 0.05) is 35.3 Å². The van der Waals surface area contributed by atoms with E-state index in [1.54, 1.807) is 17.7 Å². The van der Waals surface area contributed by atoms with Crippen molar-refractivity contribution < 1.29 is 4.79 Å². The molecule has 2 aromatic heterocycles. The summed E-state index contributed by atoms with van der Waals surface area (Å²) < 4.78 is 0. The second-order valence-corrected chi connectivity index (χ2v) is 7.58. The van der Waals surface area contributed by atoms with Crippen molar-refractivity contribution in [3.8, 4) is 0 Å². The van der Waals surface area contributed by atoms with Crippen LogP contribution in [-0.4, -0.2) is 35.0 Å². The van der Waals surface area contributed by atoms with Gasteiger partial charge in [0.1, 0.15) is 12.1 Å². The molecule has 1 N–H and O–H groups in total. The second-order valence-electron chi connectivity index (χ2n) is 6.29. The quantitative estimate of drug-likeness (QED) is 0.939. The van der Waals surface area contributed by atoms with E-state index in [0.717, 1.165) is 43.0 Å². The van der Waals surface area contributed by atoms with E-state index in [0.29, 0.717) is 0 Å². The molecule has 1 fully saturated rings. The minimum Gasteiger partial charge on any atom is -0.354 e. The molecule has 1 aliphatic heterocycles. The topological polar surface area (TPSA) is 58.1 Å². The molecule has 120 valence electrons. The first-order valence-corrected chi connectivity index (χ1v) is 8.97. The second kappa shape index (κ2) is 5.92. The van der Waals surface area contributed by atoms with Crippen LogP contribution in [0.2, 0.25) is 0 Å². The van der Waals surface area contributed by atoms with Gasteiger partial charge in [0.15, 0.2) is 0 Å². The Morgan fingerprint density at radius 2 is 2.26 bits per heavy atom. The number of anilines is 1. The highest BCUT2D eigenvalue weighted by Gasteiger charge is 2.28. The Kier molecular flexibility index (Phi) is 3.77. The van der Waals surface area contributed by atoms with E-state index in [-0.39, 0.29) is 11.9 Å². The molecule has 1 amide bonds. The van der Waals surface area contributed by atoms with E-state index >= 15 is 0 Å². The van der Waals surface area contributed by atoms with Crippen molar-refractivity contribution in [1.82, 2.24) is 15.3 Å². The summed E-state index contributed by atoms with van der Waals surface area (Å²) in [4.78, 5) is 25.5. The number of nitrogens with zero attached hydrogens (tertiary/aromatic N) is 3. The summed E-state index contributed by atoms with van der Waals surface area (Å²) in [5.41, 5.74) is 2.52. The molecule has 23 heavy (non-hydrogen) atoms. The molecule has 1 saturated heterocycles. The van der Waals surface area contributed by atoms with E-state index in [9.17, 15) is 4.79 Å². The van der Waals surface area contributed by atoms with Crippen molar-refractivity contribution in [1.29, 1.82) is 0 Å². The van der Waals surface area contributed by atoms with Crippen LogP contribution < -0.4 is 10.2 Å². The van der Waals surface area contributed by atoms with Gasteiger partial charge in [-0.2, -0.15) is 0 Å². The molecule has 6 heteroatoms. The maximum atomic E-state index is 12.3. The molecule has 0 saturated carbocycles. The van der Waals surface area contributed by atoms with Gasteiger partial charge in [-0.05, 0) is 44.7 Å². The average molecular weight is 328 g/mol. The lowest BCUT2D eigenvalue weighted by molar-refractivity contribution is 0.0944. The lowest BCUT2D eigenvalue weighted by Crippen LogP contribution is -2.37. The SMILES string of the molecule is Cc1ccc(C(=O)N[C@H]2CCN(c3ncnc4c3CCC4)C2)s1. The third-order valence-corrected chi connectivity index (χ3v) is 5.64. The van der Waals surface area contributed by atoms with Crippen molar-refractivity contribution in [2.45, 2.75) is 38.6 Å². The van der Waals surface area contributed by atoms with Crippen LogP contribution in [0, 0.1) is 6.92 Å². The average Bonchev–Trinajstić information content (AvgIpc) is 3.26. The fraction of sp³-hybridized carbons (Fsp3) is 0.471. The highest BCUT2D eigenvalue weighted by atomic mass is 32.1. The predicted octanol–water partition coefficient (Wildman–Crippen LogP) is 2.34. The van der Waals surface area contributed by atoms with Gasteiger partial charge >= 0.3 is 0 Å². The fourth-order valence-electron chi connectivity index (χ4n) is 3.50. The number of carbonyl (C=O) groups is 1. The lowest BCUT2D eigenvalue weighted by atomic mass is 10.2. The molecular formula is C17H20N4OS. The summed E-state index contributed by atoms with van der Waals surface area (Å²) >= 11 is 1.55. The zero-order chi connectivity index (χ0) is 15.8. The number of aryl methyl sites for hydroxylation is 2. The number of nitrogens with one attached hydrogen (secondary N) is 1. The van der Waals surface area contributed by atoms with Gasteiger partial charge in [-0.15, -0.1) is 11.3 Å². The van der Waals surface area contributed by atoms with Crippen LogP contribution in [0.5, 0.6) is 0 Å². The van der Waals surface area contributed by atoms with Crippen LogP contribution in [0.15, 0.2) is 18.5 Å². The van der Waals surface area contributed by atoms with Gasteiger partial charge in [0.2, 0.25) is 0 Å². The van der Waals surface area contributed by atoms with E-state index in [1.165, 1.54) is 22.6 Å². The number of hydrogen-bond donors (Lipinski definition) is 1. The van der Waals surface area contributed by atoms with Crippen LogP contribution in [0.1, 0.15) is 38.6 Å². The van der Waals surface area contributed by atoms with E-state index in [1.807, 2.05) is 19.1 Å². The van der Waals surface area contributed by atoms with Crippen LogP contribution in [-0.2, 0) is 12.8 Å². The van der Waals surface area contributed by atoms with Crippen LogP contribution in [0.3, 0.4) is 0 Å². The number of hydrogen-bond acceptors (Lipinski definition) is 5. The smallest absolute Gasteiger partial charge is 0.261 e. The molecule has 0 bridgehead atoms. The van der Waals surface area contributed by atoms with Gasteiger partial charge in [-0.1, -0.05) is 0 Å². The van der Waals surface area contributed by atoms with Crippen molar-refractivity contribution in [2.24, 2.45) is 0 Å². The van der Waals surface area contributed by atoms with E-state index in [4.69, 9.17) is 0 Å². The normalized spacial score (nSPS) is 19.9. The Hall–Kier alpha value is -1.95. The molecule has 4 rings (SSSR count). The summed E-state index contributed by atoms with van der Waals surface area (Å²) in [5, 5.41) is 3.16. The third-order valence-electron chi connectivity index (χ3n) is 4.64. The standard InChI is InChI=1S/C17H20N4OS/c1-11-5-6-15(23-11)17(22)20-12-7-8-21(9-12)16-13-3-2-4-14(13)18-10-19-16/h5-6,10,12H,2-4,7-9H2,1H3,(H,20,22)/t12-/m0/s1. The molecule has 3 heterocycles. The van der Waals surface area contributed by atoms with Crippen molar-refractivity contribution >= 4 is 23.1 Å². The Labute approximate surface area is 139 Å². The molecule has 2 aliphatic rings. The first-order chi connectivity index (χ1) is 11.2. The maximum absolute atomic E-state index is 12.3. The highest BCUT2D eigenvalue weighted by molar-refractivity contribution is 7.13. The van der Waals surface area contributed by atoms with Crippen molar-refractivity contribution in [3.63, 3.8) is 0 Å². The van der Waals surface area contributed by atoms with Crippen molar-refractivity contribution in [2.75, 3.05) is 18.0 Å². The van der Waals surface area contributed by atoms with Crippen LogP contribution in [0.25, 0.3) is 0 Å². The minimum atomic E-state index is 0.0443. The summed E-state index contributed by atoms with van der Waals surface area (Å²) in [5.74, 6) is 1.12. The largest absolute Gasteiger partial charge is 0.354 e. The van der Waals surface area contributed by atoms with Gasteiger partial charge in [0.25, 0.3) is 5.91 Å². The molecule has 2 aromatic rings. The van der Waals surface area contributed by atoms with E-state index in [2.05, 4.69) is 20.2 Å². The summed E-state index contributed by atoms with van der Waals surface area (Å²) in [6.45, 7) is 3.80. The number of thiophene rings is 1. The summed E-state index contributed by atoms with van der Waals surface area (Å²) in [6, 6.07) is 4.08. The maximum Gasteiger partial charge on any atom is 0.261 e. The molecule has 0 unspecified atom stereocenters. The summed E-state index contributed by atoms with van der Waals surface area (Å²) in [7, 11) is 0. The Balaban J connectivity index is 1.44. The molecule has 1 atom stereocenters. The monoisotopic (exact) mass is 328 g/mol. The minimum absolute atomic E-state index is 0.0443. The van der Waals surface area contributed by atoms with Gasteiger partial charge < -0.3 is 10.2 Å². The molecular weight excluding hydrogens is 308 g/mol.